The lowest BCUT2D eigenvalue weighted by atomic mass is 10.4. The van der Waals surface area contributed by atoms with Crippen molar-refractivity contribution in [2.45, 2.75) is 0 Å². The van der Waals surface area contributed by atoms with Crippen LogP contribution < -0.4 is 11.1 Å². The molecule has 64 valence electrons. The monoisotopic (exact) mass is 167 g/mol. The number of hydrogen-bond acceptors (Lipinski definition) is 4. The van der Waals surface area contributed by atoms with Crippen molar-refractivity contribution in [3.63, 3.8) is 0 Å². The fourth-order valence-corrected chi connectivity index (χ4v) is 0.676. The van der Waals surface area contributed by atoms with Gasteiger partial charge >= 0.3 is 0 Å². The third-order valence-electron chi connectivity index (χ3n) is 1.23. The number of hydrogen-bond donors (Lipinski definition) is 3. The molecule has 0 unspecified atom stereocenters. The van der Waals surface area contributed by atoms with Gasteiger partial charge in [-0.25, -0.2) is 4.98 Å². The van der Waals surface area contributed by atoms with Crippen LogP contribution in [0, 0.1) is 0 Å². The quantitative estimate of drug-likeness (QED) is 0.563. The number of nitrogens with zero attached hydrogens (tertiary/aromatic N) is 1. The molecular weight excluding hydrogens is 158 g/mol. The maximum atomic E-state index is 10.7. The van der Waals surface area contributed by atoms with Crippen molar-refractivity contribution >= 4 is 11.7 Å². The molecule has 0 saturated heterocycles. The summed E-state index contributed by atoms with van der Waals surface area (Å²) < 4.78 is 0. The molecule has 5 heteroatoms. The molecule has 1 aromatic rings. The average molecular weight is 167 g/mol. The number of rotatable bonds is 2. The van der Waals surface area contributed by atoms with E-state index >= 15 is 0 Å². The Hall–Kier alpha value is -1.62. The minimum absolute atomic E-state index is 0.0701. The van der Waals surface area contributed by atoms with Gasteiger partial charge in [0.2, 0.25) is 5.91 Å². The standard InChI is InChI=1S/C7H9N3O2/c8-4-6(12)10-7-5(11)2-1-3-9-7/h1-3,11H,4,8H2,(H,9,10,12). The van der Waals surface area contributed by atoms with Gasteiger partial charge in [-0.2, -0.15) is 0 Å². The minimum Gasteiger partial charge on any atom is -0.504 e. The third-order valence-corrected chi connectivity index (χ3v) is 1.23. The first-order valence-corrected chi connectivity index (χ1v) is 3.38. The van der Waals surface area contributed by atoms with E-state index in [0.717, 1.165) is 0 Å². The van der Waals surface area contributed by atoms with E-state index in [1.807, 2.05) is 0 Å². The Bertz CT molecular complexity index is 288. The number of nitrogens with two attached hydrogens (primary N) is 1. The van der Waals surface area contributed by atoms with Crippen LogP contribution in [-0.2, 0) is 4.79 Å². The van der Waals surface area contributed by atoms with Crippen LogP contribution in [0.25, 0.3) is 0 Å². The van der Waals surface area contributed by atoms with Gasteiger partial charge in [0, 0.05) is 6.20 Å². The zero-order valence-corrected chi connectivity index (χ0v) is 6.32. The molecule has 0 aromatic carbocycles. The maximum absolute atomic E-state index is 10.7. The highest BCUT2D eigenvalue weighted by Gasteiger charge is 2.03. The van der Waals surface area contributed by atoms with Gasteiger partial charge in [0.1, 0.15) is 0 Å². The Morgan fingerprint density at radius 1 is 1.75 bits per heavy atom. The van der Waals surface area contributed by atoms with E-state index in [9.17, 15) is 4.79 Å². The van der Waals surface area contributed by atoms with Crippen molar-refractivity contribution in [1.82, 2.24) is 4.98 Å². The van der Waals surface area contributed by atoms with Gasteiger partial charge in [0.25, 0.3) is 0 Å². The summed E-state index contributed by atoms with van der Waals surface area (Å²) in [5, 5.41) is 11.5. The molecule has 1 heterocycles. The fourth-order valence-electron chi connectivity index (χ4n) is 0.676. The highest BCUT2D eigenvalue weighted by molar-refractivity contribution is 5.92. The molecular formula is C7H9N3O2. The molecule has 0 spiro atoms. The Kier molecular flexibility index (Phi) is 2.60. The number of amides is 1. The van der Waals surface area contributed by atoms with Crippen LogP contribution in [0.1, 0.15) is 0 Å². The van der Waals surface area contributed by atoms with Crippen LogP contribution in [0.5, 0.6) is 5.75 Å². The number of aromatic hydroxyl groups is 1. The fraction of sp³-hybridized carbons (Fsp3) is 0.143. The Morgan fingerprint density at radius 3 is 3.08 bits per heavy atom. The van der Waals surface area contributed by atoms with Gasteiger partial charge in [-0.15, -0.1) is 0 Å². The number of nitrogens with one attached hydrogen (secondary N) is 1. The van der Waals surface area contributed by atoms with E-state index in [2.05, 4.69) is 10.3 Å². The summed E-state index contributed by atoms with van der Waals surface area (Å²) >= 11 is 0. The molecule has 1 aromatic heterocycles. The summed E-state index contributed by atoms with van der Waals surface area (Å²) in [7, 11) is 0. The summed E-state index contributed by atoms with van der Waals surface area (Å²) in [5.41, 5.74) is 5.05. The van der Waals surface area contributed by atoms with E-state index in [4.69, 9.17) is 10.8 Å². The molecule has 0 atom stereocenters. The summed E-state index contributed by atoms with van der Waals surface area (Å²) in [6.07, 6.45) is 1.46. The minimum atomic E-state index is -0.385. The van der Waals surface area contributed by atoms with Gasteiger partial charge in [-0.05, 0) is 12.1 Å². The summed E-state index contributed by atoms with van der Waals surface area (Å²) in [6, 6.07) is 2.99. The molecule has 5 nitrogen and oxygen atoms in total. The number of carbonyl (C=O) groups excluding carboxylic acids is 1. The lowest BCUT2D eigenvalue weighted by Crippen LogP contribution is -2.22. The first-order valence-electron chi connectivity index (χ1n) is 3.38. The molecule has 4 N–H and O–H groups in total. The zero-order chi connectivity index (χ0) is 8.97. The Morgan fingerprint density at radius 2 is 2.50 bits per heavy atom. The lowest BCUT2D eigenvalue weighted by Gasteiger charge is -2.02. The van der Waals surface area contributed by atoms with E-state index in [0.29, 0.717) is 0 Å². The predicted molar refractivity (Wildman–Crippen MR) is 43.6 cm³/mol. The molecule has 0 fully saturated rings. The van der Waals surface area contributed by atoms with Gasteiger partial charge < -0.3 is 16.2 Å². The van der Waals surface area contributed by atoms with Crippen molar-refractivity contribution < 1.29 is 9.90 Å². The van der Waals surface area contributed by atoms with Crippen LogP contribution in [0.15, 0.2) is 18.3 Å². The smallest absolute Gasteiger partial charge is 0.239 e. The van der Waals surface area contributed by atoms with Crippen LogP contribution in [-0.4, -0.2) is 22.5 Å². The molecule has 0 aliphatic heterocycles. The highest BCUT2D eigenvalue weighted by atomic mass is 16.3. The van der Waals surface area contributed by atoms with Crippen LogP contribution in [0.4, 0.5) is 5.82 Å². The molecule has 0 radical (unpaired) electrons. The van der Waals surface area contributed by atoms with E-state index in [1.54, 1.807) is 6.07 Å². The van der Waals surface area contributed by atoms with Crippen LogP contribution in [0.3, 0.4) is 0 Å². The second-order valence-corrected chi connectivity index (χ2v) is 2.12. The predicted octanol–water partition coefficient (Wildman–Crippen LogP) is -0.316. The second-order valence-electron chi connectivity index (χ2n) is 2.12. The first kappa shape index (κ1) is 8.48. The van der Waals surface area contributed by atoms with Gasteiger partial charge in [0.15, 0.2) is 11.6 Å². The van der Waals surface area contributed by atoms with E-state index in [1.165, 1.54) is 12.3 Å². The molecule has 0 bridgehead atoms. The normalized spacial score (nSPS) is 9.42. The van der Waals surface area contributed by atoms with Gasteiger partial charge in [-0.1, -0.05) is 0 Å². The van der Waals surface area contributed by atoms with E-state index in [-0.39, 0.29) is 24.0 Å². The first-order chi connectivity index (χ1) is 5.74. The Balaban J connectivity index is 2.75. The van der Waals surface area contributed by atoms with Crippen molar-refractivity contribution in [2.75, 3.05) is 11.9 Å². The topological polar surface area (TPSA) is 88.2 Å². The summed E-state index contributed by atoms with van der Waals surface area (Å²) in [4.78, 5) is 14.5. The van der Waals surface area contributed by atoms with Crippen LogP contribution >= 0.6 is 0 Å². The highest BCUT2D eigenvalue weighted by Crippen LogP contribution is 2.17. The van der Waals surface area contributed by atoms with Crippen LogP contribution in [0.2, 0.25) is 0 Å². The molecule has 0 saturated carbocycles. The van der Waals surface area contributed by atoms with Crippen molar-refractivity contribution in [1.29, 1.82) is 0 Å². The maximum Gasteiger partial charge on any atom is 0.239 e. The number of anilines is 1. The summed E-state index contributed by atoms with van der Waals surface area (Å²) in [6.45, 7) is -0.129. The van der Waals surface area contributed by atoms with Crippen molar-refractivity contribution in [3.8, 4) is 5.75 Å². The summed E-state index contributed by atoms with van der Waals surface area (Å²) in [5.74, 6) is -0.323. The average Bonchev–Trinajstić information content (AvgIpc) is 2.09. The van der Waals surface area contributed by atoms with Gasteiger partial charge in [0.05, 0.1) is 6.54 Å². The van der Waals surface area contributed by atoms with Crippen molar-refractivity contribution in [2.24, 2.45) is 5.73 Å². The lowest BCUT2D eigenvalue weighted by molar-refractivity contribution is -0.114. The third kappa shape index (κ3) is 1.93. The number of carbonyl (C=O) groups is 1. The molecule has 1 rings (SSSR count). The SMILES string of the molecule is NCC(=O)Nc1ncccc1O. The van der Waals surface area contributed by atoms with E-state index < -0.39 is 0 Å². The molecule has 12 heavy (non-hydrogen) atoms. The van der Waals surface area contributed by atoms with Gasteiger partial charge in [-0.3, -0.25) is 4.79 Å². The number of aromatic nitrogens is 1. The number of pyridine rings is 1. The molecule has 0 aliphatic carbocycles. The largest absolute Gasteiger partial charge is 0.504 e. The zero-order valence-electron chi connectivity index (χ0n) is 6.32. The van der Waals surface area contributed by atoms with Crippen molar-refractivity contribution in [3.05, 3.63) is 18.3 Å². The molecule has 0 aliphatic rings. The Labute approximate surface area is 69.2 Å². The molecule has 1 amide bonds. The second kappa shape index (κ2) is 3.68.